The summed E-state index contributed by atoms with van der Waals surface area (Å²) in [5, 5.41) is 2.87. The predicted octanol–water partition coefficient (Wildman–Crippen LogP) is 0.620. The monoisotopic (exact) mass is 355 g/mol. The SMILES string of the molecule is Cc1ccc(CNC(=O)C(C)n2cnc3c2c(=O)n(C)c(=O)n3C)cc1. The number of rotatable bonds is 4. The van der Waals surface area contributed by atoms with Crippen LogP contribution in [0.25, 0.3) is 11.2 Å². The molecule has 0 bridgehead atoms. The Morgan fingerprint density at radius 2 is 1.81 bits per heavy atom. The molecule has 1 unspecified atom stereocenters. The molecule has 1 atom stereocenters. The summed E-state index contributed by atoms with van der Waals surface area (Å²) in [6, 6.07) is 7.24. The summed E-state index contributed by atoms with van der Waals surface area (Å²) in [5.41, 5.74) is 1.71. The van der Waals surface area contributed by atoms with Gasteiger partial charge in [0.1, 0.15) is 6.04 Å². The van der Waals surface area contributed by atoms with E-state index in [1.807, 2.05) is 31.2 Å². The number of amides is 1. The molecule has 0 saturated heterocycles. The predicted molar refractivity (Wildman–Crippen MR) is 98.0 cm³/mol. The van der Waals surface area contributed by atoms with E-state index in [9.17, 15) is 14.4 Å². The Kier molecular flexibility index (Phi) is 4.50. The third kappa shape index (κ3) is 2.94. The highest BCUT2D eigenvalue weighted by atomic mass is 16.2. The van der Waals surface area contributed by atoms with E-state index in [-0.39, 0.29) is 17.1 Å². The highest BCUT2D eigenvalue weighted by molar-refractivity contribution is 5.82. The average Bonchev–Trinajstić information content (AvgIpc) is 3.08. The number of carbonyl (C=O) groups excluding carboxylic acids is 1. The molecule has 8 nitrogen and oxygen atoms in total. The highest BCUT2D eigenvalue weighted by Gasteiger charge is 2.21. The van der Waals surface area contributed by atoms with Gasteiger partial charge in [0.25, 0.3) is 5.56 Å². The number of nitrogens with zero attached hydrogens (tertiary/aromatic N) is 4. The molecule has 0 radical (unpaired) electrons. The lowest BCUT2D eigenvalue weighted by Crippen LogP contribution is -2.38. The normalized spacial score (nSPS) is 12.3. The molecule has 1 N–H and O–H groups in total. The van der Waals surface area contributed by atoms with Gasteiger partial charge in [0.05, 0.1) is 6.33 Å². The van der Waals surface area contributed by atoms with Crippen LogP contribution in [-0.4, -0.2) is 24.6 Å². The number of carbonyl (C=O) groups is 1. The molecule has 0 aliphatic heterocycles. The molecular weight excluding hydrogens is 334 g/mol. The van der Waals surface area contributed by atoms with Crippen molar-refractivity contribution >= 4 is 17.1 Å². The Balaban J connectivity index is 1.89. The Hall–Kier alpha value is -3.16. The zero-order chi connectivity index (χ0) is 19.0. The molecule has 3 rings (SSSR count). The van der Waals surface area contributed by atoms with E-state index < -0.39 is 17.3 Å². The van der Waals surface area contributed by atoms with E-state index in [0.717, 1.165) is 15.7 Å². The summed E-state index contributed by atoms with van der Waals surface area (Å²) in [6.07, 6.45) is 1.42. The number of benzene rings is 1. The van der Waals surface area contributed by atoms with E-state index in [1.54, 1.807) is 14.0 Å². The van der Waals surface area contributed by atoms with Crippen LogP contribution in [0.1, 0.15) is 24.1 Å². The number of aryl methyl sites for hydroxylation is 2. The van der Waals surface area contributed by atoms with Crippen LogP contribution in [0.3, 0.4) is 0 Å². The summed E-state index contributed by atoms with van der Waals surface area (Å²) in [6.45, 7) is 4.09. The van der Waals surface area contributed by atoms with Gasteiger partial charge in [-0.2, -0.15) is 0 Å². The molecular formula is C18H21N5O3. The van der Waals surface area contributed by atoms with Crippen molar-refractivity contribution in [2.45, 2.75) is 26.4 Å². The van der Waals surface area contributed by atoms with Crippen LogP contribution in [0, 0.1) is 6.92 Å². The van der Waals surface area contributed by atoms with Crippen molar-refractivity contribution < 1.29 is 4.79 Å². The molecule has 8 heteroatoms. The summed E-state index contributed by atoms with van der Waals surface area (Å²) in [5.74, 6) is -0.235. The second-order valence-electron chi connectivity index (χ2n) is 6.41. The second kappa shape index (κ2) is 6.62. The van der Waals surface area contributed by atoms with E-state index in [2.05, 4.69) is 10.3 Å². The number of nitrogens with one attached hydrogen (secondary N) is 1. The average molecular weight is 355 g/mol. The largest absolute Gasteiger partial charge is 0.350 e. The minimum Gasteiger partial charge on any atom is -0.350 e. The fraction of sp³-hybridized carbons (Fsp3) is 0.333. The molecule has 0 aliphatic carbocycles. The van der Waals surface area contributed by atoms with Gasteiger partial charge in [-0.3, -0.25) is 18.7 Å². The lowest BCUT2D eigenvalue weighted by molar-refractivity contribution is -0.123. The summed E-state index contributed by atoms with van der Waals surface area (Å²) in [7, 11) is 2.95. The molecule has 0 fully saturated rings. The molecule has 1 amide bonds. The summed E-state index contributed by atoms with van der Waals surface area (Å²) < 4.78 is 3.81. The first-order chi connectivity index (χ1) is 12.3. The topological polar surface area (TPSA) is 90.9 Å². The summed E-state index contributed by atoms with van der Waals surface area (Å²) >= 11 is 0. The lowest BCUT2D eigenvalue weighted by atomic mass is 10.1. The van der Waals surface area contributed by atoms with Gasteiger partial charge in [0.2, 0.25) is 5.91 Å². The van der Waals surface area contributed by atoms with Crippen LogP contribution in [0.15, 0.2) is 40.2 Å². The van der Waals surface area contributed by atoms with Crippen LogP contribution in [0.5, 0.6) is 0 Å². The van der Waals surface area contributed by atoms with Crippen molar-refractivity contribution in [3.8, 4) is 0 Å². The molecule has 0 aliphatic rings. The number of fused-ring (bicyclic) bond motifs is 1. The molecule has 0 spiro atoms. The first-order valence-corrected chi connectivity index (χ1v) is 8.27. The second-order valence-corrected chi connectivity index (χ2v) is 6.41. The van der Waals surface area contributed by atoms with Gasteiger partial charge in [0, 0.05) is 20.6 Å². The Bertz CT molecular complexity index is 1090. The number of hydrogen-bond donors (Lipinski definition) is 1. The van der Waals surface area contributed by atoms with Gasteiger partial charge in [-0.05, 0) is 19.4 Å². The minimum absolute atomic E-state index is 0.229. The maximum Gasteiger partial charge on any atom is 0.332 e. The van der Waals surface area contributed by atoms with Crippen LogP contribution in [-0.2, 0) is 25.4 Å². The maximum absolute atomic E-state index is 12.5. The van der Waals surface area contributed by atoms with Gasteiger partial charge in [-0.25, -0.2) is 9.78 Å². The molecule has 2 heterocycles. The van der Waals surface area contributed by atoms with Gasteiger partial charge >= 0.3 is 5.69 Å². The van der Waals surface area contributed by atoms with Crippen molar-refractivity contribution in [1.29, 1.82) is 0 Å². The third-order valence-electron chi connectivity index (χ3n) is 4.56. The zero-order valence-electron chi connectivity index (χ0n) is 15.2. The van der Waals surface area contributed by atoms with E-state index >= 15 is 0 Å². The lowest BCUT2D eigenvalue weighted by Gasteiger charge is -2.15. The fourth-order valence-corrected chi connectivity index (χ4v) is 2.83. The van der Waals surface area contributed by atoms with Crippen molar-refractivity contribution in [2.75, 3.05) is 0 Å². The highest BCUT2D eigenvalue weighted by Crippen LogP contribution is 2.13. The van der Waals surface area contributed by atoms with Gasteiger partial charge < -0.3 is 9.88 Å². The van der Waals surface area contributed by atoms with E-state index in [0.29, 0.717) is 6.54 Å². The van der Waals surface area contributed by atoms with Crippen molar-refractivity contribution in [2.24, 2.45) is 14.1 Å². The van der Waals surface area contributed by atoms with Gasteiger partial charge in [0.15, 0.2) is 11.2 Å². The Morgan fingerprint density at radius 1 is 1.15 bits per heavy atom. The van der Waals surface area contributed by atoms with E-state index in [1.165, 1.54) is 22.5 Å². The van der Waals surface area contributed by atoms with Gasteiger partial charge in [-0.1, -0.05) is 29.8 Å². The van der Waals surface area contributed by atoms with Crippen LogP contribution in [0.2, 0.25) is 0 Å². The minimum atomic E-state index is -0.643. The fourth-order valence-electron chi connectivity index (χ4n) is 2.83. The Labute approximate surface area is 149 Å². The first-order valence-electron chi connectivity index (χ1n) is 8.27. The third-order valence-corrected chi connectivity index (χ3v) is 4.56. The number of aromatic nitrogens is 4. The van der Waals surface area contributed by atoms with Crippen LogP contribution in [0.4, 0.5) is 0 Å². The number of hydrogen-bond acceptors (Lipinski definition) is 4. The van der Waals surface area contributed by atoms with Crippen molar-refractivity contribution in [3.63, 3.8) is 0 Å². The molecule has 1 aromatic carbocycles. The van der Waals surface area contributed by atoms with Crippen LogP contribution < -0.4 is 16.6 Å². The summed E-state index contributed by atoms with van der Waals surface area (Å²) in [4.78, 5) is 41.2. The van der Waals surface area contributed by atoms with Crippen LogP contribution >= 0.6 is 0 Å². The maximum atomic E-state index is 12.5. The van der Waals surface area contributed by atoms with Crippen molar-refractivity contribution in [1.82, 2.24) is 24.0 Å². The Morgan fingerprint density at radius 3 is 2.46 bits per heavy atom. The molecule has 3 aromatic rings. The quantitative estimate of drug-likeness (QED) is 0.743. The van der Waals surface area contributed by atoms with E-state index in [4.69, 9.17) is 0 Å². The molecule has 0 saturated carbocycles. The molecule has 26 heavy (non-hydrogen) atoms. The first kappa shape index (κ1) is 17.7. The molecule has 136 valence electrons. The standard InChI is InChI=1S/C18H21N5O3/c1-11-5-7-13(8-6-11)9-19-16(24)12(2)23-10-20-15-14(23)17(25)22(4)18(26)21(15)3/h5-8,10,12H,9H2,1-4H3,(H,19,24). The van der Waals surface area contributed by atoms with Gasteiger partial charge in [-0.15, -0.1) is 0 Å². The van der Waals surface area contributed by atoms with Crippen molar-refractivity contribution in [3.05, 3.63) is 62.6 Å². The zero-order valence-corrected chi connectivity index (χ0v) is 15.2. The molecule has 2 aromatic heterocycles. The smallest absolute Gasteiger partial charge is 0.332 e. The number of imidazole rings is 1.